The lowest BCUT2D eigenvalue weighted by Crippen LogP contribution is -2.10. The molecule has 0 atom stereocenters. The van der Waals surface area contributed by atoms with Crippen LogP contribution in [0.2, 0.25) is 0 Å². The molecule has 0 fully saturated rings. The van der Waals surface area contributed by atoms with E-state index < -0.39 is 5.91 Å². The normalized spacial score (nSPS) is 9.88. The summed E-state index contributed by atoms with van der Waals surface area (Å²) in [5.74, 6) is 0.585. The number of nitrogens with one attached hydrogen (secondary N) is 1. The summed E-state index contributed by atoms with van der Waals surface area (Å²) in [5.41, 5.74) is 11.9. The number of hydrogen-bond donors (Lipinski definition) is 3. The number of primary amides is 1. The third-order valence-electron chi connectivity index (χ3n) is 2.19. The van der Waals surface area contributed by atoms with Gasteiger partial charge in [-0.25, -0.2) is 4.98 Å². The first-order chi connectivity index (χ1) is 8.15. The zero-order valence-electron chi connectivity index (χ0n) is 9.05. The third kappa shape index (κ3) is 2.72. The maximum atomic E-state index is 11.0. The predicted octanol–water partition coefficient (Wildman–Crippen LogP) is 1.51. The number of pyridine rings is 1. The molecule has 0 saturated carbocycles. The van der Waals surface area contributed by atoms with Gasteiger partial charge >= 0.3 is 0 Å². The van der Waals surface area contributed by atoms with Crippen LogP contribution in [0.4, 0.5) is 17.3 Å². The molecule has 5 nitrogen and oxygen atoms in total. The first-order valence-electron chi connectivity index (χ1n) is 5.04. The molecule has 0 aliphatic heterocycles. The van der Waals surface area contributed by atoms with Gasteiger partial charge in [-0.2, -0.15) is 0 Å². The Morgan fingerprint density at radius 2 is 1.94 bits per heavy atom. The molecule has 1 aromatic carbocycles. The number of aromatic nitrogens is 1. The van der Waals surface area contributed by atoms with Gasteiger partial charge in [0.2, 0.25) is 5.91 Å². The van der Waals surface area contributed by atoms with Crippen LogP contribution < -0.4 is 16.8 Å². The van der Waals surface area contributed by atoms with Crippen LogP contribution in [-0.4, -0.2) is 10.9 Å². The van der Waals surface area contributed by atoms with Crippen molar-refractivity contribution in [3.05, 3.63) is 48.0 Å². The van der Waals surface area contributed by atoms with Crippen molar-refractivity contribution >= 4 is 23.2 Å². The van der Waals surface area contributed by atoms with E-state index >= 15 is 0 Å². The summed E-state index contributed by atoms with van der Waals surface area (Å²) in [5, 5.41) is 3.04. The van der Waals surface area contributed by atoms with Crippen LogP contribution in [-0.2, 0) is 0 Å². The second-order valence-electron chi connectivity index (χ2n) is 3.52. The smallest absolute Gasteiger partial charge is 0.248 e. The molecule has 0 bridgehead atoms. The lowest BCUT2D eigenvalue weighted by molar-refractivity contribution is 0.100. The van der Waals surface area contributed by atoms with Crippen LogP contribution in [0.15, 0.2) is 42.5 Å². The van der Waals surface area contributed by atoms with Crippen LogP contribution in [0.1, 0.15) is 10.4 Å². The lowest BCUT2D eigenvalue weighted by Gasteiger charge is -2.06. The molecule has 0 spiro atoms. The summed E-state index contributed by atoms with van der Waals surface area (Å²) in [4.78, 5) is 15.1. The van der Waals surface area contributed by atoms with Gasteiger partial charge in [-0.1, -0.05) is 12.1 Å². The number of nitrogens with two attached hydrogens (primary N) is 2. The van der Waals surface area contributed by atoms with Crippen molar-refractivity contribution in [1.82, 2.24) is 4.98 Å². The minimum atomic E-state index is -0.464. The summed E-state index contributed by atoms with van der Waals surface area (Å²) in [6.45, 7) is 0. The second-order valence-corrected chi connectivity index (χ2v) is 3.52. The first-order valence-corrected chi connectivity index (χ1v) is 5.04. The molecule has 1 aromatic heterocycles. The number of anilines is 3. The maximum absolute atomic E-state index is 11.0. The SMILES string of the molecule is NC(=O)c1cccc(Nc2cccc(N)n2)c1. The fraction of sp³-hybridized carbons (Fsp3) is 0. The van der Waals surface area contributed by atoms with Gasteiger partial charge < -0.3 is 16.8 Å². The van der Waals surface area contributed by atoms with Gasteiger partial charge in [-0.15, -0.1) is 0 Å². The molecule has 5 heteroatoms. The van der Waals surface area contributed by atoms with E-state index in [1.807, 2.05) is 6.07 Å². The van der Waals surface area contributed by atoms with E-state index in [0.29, 0.717) is 17.2 Å². The first kappa shape index (κ1) is 10.9. The van der Waals surface area contributed by atoms with E-state index in [0.717, 1.165) is 5.69 Å². The molecular formula is C12H12N4O. The molecule has 0 aliphatic rings. The van der Waals surface area contributed by atoms with Gasteiger partial charge in [0.15, 0.2) is 0 Å². The highest BCUT2D eigenvalue weighted by Crippen LogP contribution is 2.16. The molecule has 2 aromatic rings. The highest BCUT2D eigenvalue weighted by Gasteiger charge is 2.02. The fourth-order valence-corrected chi connectivity index (χ4v) is 1.42. The molecule has 0 radical (unpaired) electrons. The van der Waals surface area contributed by atoms with Crippen molar-refractivity contribution in [3.63, 3.8) is 0 Å². The van der Waals surface area contributed by atoms with Gasteiger partial charge in [0.25, 0.3) is 0 Å². The quantitative estimate of drug-likeness (QED) is 0.742. The summed E-state index contributed by atoms with van der Waals surface area (Å²) in [6, 6.07) is 12.2. The van der Waals surface area contributed by atoms with Crippen LogP contribution >= 0.6 is 0 Å². The number of benzene rings is 1. The zero-order valence-corrected chi connectivity index (χ0v) is 9.05. The molecule has 1 heterocycles. The van der Waals surface area contributed by atoms with Crippen molar-refractivity contribution in [1.29, 1.82) is 0 Å². The number of rotatable bonds is 3. The number of nitrogens with zero attached hydrogens (tertiary/aromatic N) is 1. The molecule has 1 amide bonds. The number of carbonyl (C=O) groups excluding carboxylic acids is 1. The van der Waals surface area contributed by atoms with Gasteiger partial charge in [-0.05, 0) is 30.3 Å². The monoisotopic (exact) mass is 228 g/mol. The number of hydrogen-bond acceptors (Lipinski definition) is 4. The number of nitrogen functional groups attached to an aromatic ring is 1. The van der Waals surface area contributed by atoms with Crippen LogP contribution in [0.3, 0.4) is 0 Å². The van der Waals surface area contributed by atoms with E-state index in [1.54, 1.807) is 36.4 Å². The standard InChI is InChI=1S/C12H12N4O/c13-10-5-2-6-11(16-10)15-9-4-1-3-8(7-9)12(14)17/h1-7H,(H2,14,17)(H3,13,15,16). The van der Waals surface area contributed by atoms with Crippen molar-refractivity contribution < 1.29 is 4.79 Å². The van der Waals surface area contributed by atoms with Crippen LogP contribution in [0, 0.1) is 0 Å². The average molecular weight is 228 g/mol. The van der Waals surface area contributed by atoms with Gasteiger partial charge in [-0.3, -0.25) is 4.79 Å². The number of carbonyl (C=O) groups is 1. The Morgan fingerprint density at radius 3 is 2.65 bits per heavy atom. The molecule has 2 rings (SSSR count). The second kappa shape index (κ2) is 4.52. The predicted molar refractivity (Wildman–Crippen MR) is 66.9 cm³/mol. The Hall–Kier alpha value is -2.56. The van der Waals surface area contributed by atoms with Crippen molar-refractivity contribution in [2.24, 2.45) is 5.73 Å². The maximum Gasteiger partial charge on any atom is 0.248 e. The molecule has 5 N–H and O–H groups in total. The van der Waals surface area contributed by atoms with E-state index in [4.69, 9.17) is 11.5 Å². The largest absolute Gasteiger partial charge is 0.384 e. The Kier molecular flexibility index (Phi) is 2.91. The third-order valence-corrected chi connectivity index (χ3v) is 2.19. The summed E-state index contributed by atoms with van der Waals surface area (Å²) in [7, 11) is 0. The van der Waals surface area contributed by atoms with Gasteiger partial charge in [0, 0.05) is 11.3 Å². The molecule has 0 unspecified atom stereocenters. The molecule has 0 saturated heterocycles. The van der Waals surface area contributed by atoms with Gasteiger partial charge in [0.05, 0.1) is 0 Å². The zero-order chi connectivity index (χ0) is 12.3. The highest BCUT2D eigenvalue weighted by atomic mass is 16.1. The minimum absolute atomic E-state index is 0.432. The minimum Gasteiger partial charge on any atom is -0.384 e. The van der Waals surface area contributed by atoms with Crippen molar-refractivity contribution in [2.45, 2.75) is 0 Å². The molecular weight excluding hydrogens is 216 g/mol. The number of amides is 1. The highest BCUT2D eigenvalue weighted by molar-refractivity contribution is 5.93. The van der Waals surface area contributed by atoms with E-state index in [-0.39, 0.29) is 0 Å². The fourth-order valence-electron chi connectivity index (χ4n) is 1.42. The Balaban J connectivity index is 2.24. The Morgan fingerprint density at radius 1 is 1.18 bits per heavy atom. The van der Waals surface area contributed by atoms with E-state index in [9.17, 15) is 4.79 Å². The Labute approximate surface area is 98.5 Å². The van der Waals surface area contributed by atoms with Crippen molar-refractivity contribution in [2.75, 3.05) is 11.1 Å². The van der Waals surface area contributed by atoms with Crippen LogP contribution in [0.25, 0.3) is 0 Å². The summed E-state index contributed by atoms with van der Waals surface area (Å²) >= 11 is 0. The average Bonchev–Trinajstić information content (AvgIpc) is 2.29. The molecule has 17 heavy (non-hydrogen) atoms. The van der Waals surface area contributed by atoms with Gasteiger partial charge in [0.1, 0.15) is 11.6 Å². The summed E-state index contributed by atoms with van der Waals surface area (Å²) < 4.78 is 0. The lowest BCUT2D eigenvalue weighted by atomic mass is 10.2. The molecule has 0 aliphatic carbocycles. The summed E-state index contributed by atoms with van der Waals surface area (Å²) in [6.07, 6.45) is 0. The van der Waals surface area contributed by atoms with E-state index in [1.165, 1.54) is 0 Å². The van der Waals surface area contributed by atoms with Crippen molar-refractivity contribution in [3.8, 4) is 0 Å². The van der Waals surface area contributed by atoms with Crippen LogP contribution in [0.5, 0.6) is 0 Å². The molecule has 86 valence electrons. The topological polar surface area (TPSA) is 94.0 Å². The van der Waals surface area contributed by atoms with E-state index in [2.05, 4.69) is 10.3 Å². The Bertz CT molecular complexity index is 554.